The van der Waals surface area contributed by atoms with Crippen LogP contribution < -0.4 is 15.0 Å². The normalized spacial score (nSPS) is 23.9. The van der Waals surface area contributed by atoms with E-state index in [9.17, 15) is 22.8 Å². The third-order valence-electron chi connectivity index (χ3n) is 8.49. The molecule has 3 fully saturated rings. The molecule has 1 N–H and O–H groups in total. The van der Waals surface area contributed by atoms with Crippen molar-refractivity contribution < 1.29 is 27.5 Å². The highest BCUT2D eigenvalue weighted by atomic mass is 19.4. The monoisotopic (exact) mass is 544 g/mol. The van der Waals surface area contributed by atoms with Crippen LogP contribution in [0.15, 0.2) is 42.5 Å². The Morgan fingerprint density at radius 3 is 2.36 bits per heavy atom. The highest BCUT2D eigenvalue weighted by Gasteiger charge is 2.44. The summed E-state index contributed by atoms with van der Waals surface area (Å²) in [7, 11) is 3.71. The first kappa shape index (κ1) is 27.3. The van der Waals surface area contributed by atoms with Crippen molar-refractivity contribution >= 4 is 23.2 Å². The van der Waals surface area contributed by atoms with Gasteiger partial charge in [0.15, 0.2) is 0 Å². The Balaban J connectivity index is 1.25. The molecule has 2 aromatic carbocycles. The first-order valence-corrected chi connectivity index (χ1v) is 13.5. The first-order chi connectivity index (χ1) is 18.6. The quantitative estimate of drug-likeness (QED) is 0.597. The molecular formula is C29H35F3N4O3. The smallest absolute Gasteiger partial charge is 0.416 e. The Labute approximate surface area is 226 Å². The van der Waals surface area contributed by atoms with E-state index in [4.69, 9.17) is 4.74 Å². The molecular weight excluding hydrogens is 509 g/mol. The van der Waals surface area contributed by atoms with Gasteiger partial charge >= 0.3 is 6.18 Å². The second kappa shape index (κ2) is 11.1. The fourth-order valence-corrected chi connectivity index (χ4v) is 6.22. The molecule has 39 heavy (non-hydrogen) atoms. The number of nitrogens with zero attached hydrogens (tertiary/aromatic N) is 3. The average Bonchev–Trinajstić information content (AvgIpc) is 3.37. The van der Waals surface area contributed by atoms with Crippen molar-refractivity contribution in [2.45, 2.75) is 25.4 Å². The van der Waals surface area contributed by atoms with Gasteiger partial charge in [-0.15, -0.1) is 0 Å². The number of ether oxygens (including phenoxy) is 1. The van der Waals surface area contributed by atoms with Crippen LogP contribution in [0.25, 0.3) is 0 Å². The molecule has 0 radical (unpaired) electrons. The van der Waals surface area contributed by atoms with Gasteiger partial charge in [-0.1, -0.05) is 6.42 Å². The van der Waals surface area contributed by atoms with Crippen LogP contribution in [0, 0.1) is 17.8 Å². The Hall–Kier alpha value is -3.27. The largest absolute Gasteiger partial charge is 0.494 e. The van der Waals surface area contributed by atoms with Crippen LogP contribution >= 0.6 is 0 Å². The summed E-state index contributed by atoms with van der Waals surface area (Å²) in [4.78, 5) is 32.9. The number of likely N-dealkylation sites (N-methyl/N-ethyl adjacent to an activating group) is 1. The van der Waals surface area contributed by atoms with Gasteiger partial charge in [0.1, 0.15) is 5.75 Å². The zero-order valence-corrected chi connectivity index (χ0v) is 22.3. The summed E-state index contributed by atoms with van der Waals surface area (Å²) in [6.07, 6.45) is -1.90. The number of piperazine rings is 1. The average molecular weight is 545 g/mol. The van der Waals surface area contributed by atoms with E-state index in [1.54, 1.807) is 12.0 Å². The van der Waals surface area contributed by atoms with Crippen LogP contribution in [-0.4, -0.2) is 75.0 Å². The molecule has 2 aromatic rings. The zero-order valence-electron chi connectivity index (χ0n) is 22.3. The second-order valence-corrected chi connectivity index (χ2v) is 10.9. The second-order valence-electron chi connectivity index (χ2n) is 10.9. The standard InChI is InChI=1S/C29H35F3N4O3/c1-34-12-14-35(15-13-34)22-10-11-25(26(16-22)39-2)33-27(37)23-5-3-4-20-17-36(18-24(20)23)28(38)19-6-8-21(9-7-19)29(30,31)32/h6-11,16,20,23-24H,3-5,12-15,17-18H2,1-2H3,(H,33,37)/t20-,23-,24-/m0/s1. The fourth-order valence-electron chi connectivity index (χ4n) is 6.22. The van der Waals surface area contributed by atoms with Crippen molar-refractivity contribution in [3.63, 3.8) is 0 Å². The van der Waals surface area contributed by atoms with Crippen LogP contribution in [-0.2, 0) is 11.0 Å². The number of carbonyl (C=O) groups excluding carboxylic acids is 2. The molecule has 2 heterocycles. The molecule has 5 rings (SSSR count). The first-order valence-electron chi connectivity index (χ1n) is 13.5. The Morgan fingerprint density at radius 2 is 1.69 bits per heavy atom. The lowest BCUT2D eigenvalue weighted by atomic mass is 9.73. The van der Waals surface area contributed by atoms with Crippen LogP contribution in [0.2, 0.25) is 0 Å². The van der Waals surface area contributed by atoms with Gasteiger partial charge in [0.05, 0.1) is 18.4 Å². The summed E-state index contributed by atoms with van der Waals surface area (Å²) in [5.74, 6) is 0.175. The number of hydrogen-bond acceptors (Lipinski definition) is 5. The molecule has 10 heteroatoms. The maximum absolute atomic E-state index is 13.5. The number of likely N-dealkylation sites (tertiary alicyclic amines) is 1. The summed E-state index contributed by atoms with van der Waals surface area (Å²) in [6.45, 7) is 4.77. The van der Waals surface area contributed by atoms with Gasteiger partial charge in [0.2, 0.25) is 5.91 Å². The third kappa shape index (κ3) is 5.85. The van der Waals surface area contributed by atoms with Crippen LogP contribution in [0.4, 0.5) is 24.5 Å². The van der Waals surface area contributed by atoms with Crippen LogP contribution in [0.5, 0.6) is 5.75 Å². The summed E-state index contributed by atoms with van der Waals surface area (Å²) in [6, 6.07) is 10.2. The number of rotatable bonds is 5. The number of halogens is 3. The zero-order chi connectivity index (χ0) is 27.7. The minimum atomic E-state index is -4.45. The van der Waals surface area contributed by atoms with E-state index in [1.807, 2.05) is 18.2 Å². The van der Waals surface area contributed by atoms with Gasteiger partial charge in [-0.25, -0.2) is 0 Å². The maximum Gasteiger partial charge on any atom is 0.416 e. The van der Waals surface area contributed by atoms with Crippen molar-refractivity contribution in [1.29, 1.82) is 0 Å². The minimum absolute atomic E-state index is 0.00718. The fraction of sp³-hybridized carbons (Fsp3) is 0.517. The van der Waals surface area contributed by atoms with Gasteiger partial charge in [-0.05, 0) is 68.1 Å². The third-order valence-corrected chi connectivity index (χ3v) is 8.49. The van der Waals surface area contributed by atoms with Gasteiger partial charge < -0.3 is 24.8 Å². The molecule has 2 aliphatic heterocycles. The highest BCUT2D eigenvalue weighted by Crippen LogP contribution is 2.42. The number of carbonyl (C=O) groups is 2. The highest BCUT2D eigenvalue weighted by molar-refractivity contribution is 5.96. The van der Waals surface area contributed by atoms with Crippen molar-refractivity contribution in [3.05, 3.63) is 53.6 Å². The van der Waals surface area contributed by atoms with Crippen molar-refractivity contribution in [3.8, 4) is 5.75 Å². The van der Waals surface area contributed by atoms with E-state index < -0.39 is 11.7 Å². The molecule has 0 unspecified atom stereocenters. The SMILES string of the molecule is COc1cc(N2CCN(C)CC2)ccc1NC(=O)[C@H]1CCC[C@H]2CN(C(=O)c3ccc(C(F)(F)F)cc3)C[C@@H]21. The van der Waals surface area contributed by atoms with Crippen molar-refractivity contribution in [2.24, 2.45) is 17.8 Å². The Bertz CT molecular complexity index is 1200. The molecule has 2 saturated heterocycles. The number of hydrogen-bond donors (Lipinski definition) is 1. The lowest BCUT2D eigenvalue weighted by Gasteiger charge is -2.34. The molecule has 7 nitrogen and oxygen atoms in total. The molecule has 3 atom stereocenters. The number of nitrogens with one attached hydrogen (secondary N) is 1. The van der Waals surface area contributed by atoms with E-state index >= 15 is 0 Å². The predicted octanol–water partition coefficient (Wildman–Crippen LogP) is 4.59. The molecule has 0 bridgehead atoms. The van der Waals surface area contributed by atoms with Crippen molar-refractivity contribution in [1.82, 2.24) is 9.80 Å². The number of benzene rings is 2. The Kier molecular flexibility index (Phi) is 7.75. The van der Waals surface area contributed by atoms with Crippen LogP contribution in [0.3, 0.4) is 0 Å². The number of amides is 2. The number of methoxy groups -OCH3 is 1. The van der Waals surface area contributed by atoms with Gasteiger partial charge in [0, 0.05) is 62.5 Å². The predicted molar refractivity (Wildman–Crippen MR) is 143 cm³/mol. The topological polar surface area (TPSA) is 65.1 Å². The van der Waals surface area contributed by atoms with E-state index in [2.05, 4.69) is 22.2 Å². The van der Waals surface area contributed by atoms with Crippen molar-refractivity contribution in [2.75, 3.05) is 63.6 Å². The molecule has 0 aromatic heterocycles. The van der Waals surface area contributed by atoms with E-state index in [-0.39, 0.29) is 35.1 Å². The van der Waals surface area contributed by atoms with Gasteiger partial charge in [0.25, 0.3) is 5.91 Å². The van der Waals surface area contributed by atoms with E-state index in [0.717, 1.165) is 63.3 Å². The van der Waals surface area contributed by atoms with E-state index in [1.165, 1.54) is 12.1 Å². The summed E-state index contributed by atoms with van der Waals surface area (Å²) < 4.78 is 44.4. The Morgan fingerprint density at radius 1 is 0.974 bits per heavy atom. The summed E-state index contributed by atoms with van der Waals surface area (Å²) in [5, 5.41) is 3.08. The molecule has 1 aliphatic carbocycles. The molecule has 210 valence electrons. The molecule has 2 amide bonds. The molecule has 1 saturated carbocycles. The summed E-state index contributed by atoms with van der Waals surface area (Å²) in [5.41, 5.74) is 1.13. The van der Waals surface area contributed by atoms with Gasteiger partial charge in [-0.2, -0.15) is 13.2 Å². The van der Waals surface area contributed by atoms with E-state index in [0.29, 0.717) is 24.5 Å². The molecule has 3 aliphatic rings. The number of alkyl halides is 3. The maximum atomic E-state index is 13.5. The minimum Gasteiger partial charge on any atom is -0.494 e. The molecule has 0 spiro atoms. The van der Waals surface area contributed by atoms with Gasteiger partial charge in [-0.3, -0.25) is 9.59 Å². The number of fused-ring (bicyclic) bond motifs is 1. The lowest BCUT2D eigenvalue weighted by Crippen LogP contribution is -2.44. The number of anilines is 2. The summed E-state index contributed by atoms with van der Waals surface area (Å²) >= 11 is 0. The van der Waals surface area contributed by atoms with Crippen LogP contribution in [0.1, 0.15) is 35.2 Å². The lowest BCUT2D eigenvalue weighted by molar-refractivity contribution is -0.137.